The molecule has 1 aliphatic carbocycles. The predicted molar refractivity (Wildman–Crippen MR) is 132 cm³/mol. The first-order valence-electron chi connectivity index (χ1n) is 11.0. The number of hydrogen-bond acceptors (Lipinski definition) is 4. The van der Waals surface area contributed by atoms with Gasteiger partial charge in [0.05, 0.1) is 18.1 Å². The smallest absolute Gasteiger partial charge is 0.336 e. The zero-order valence-corrected chi connectivity index (χ0v) is 20.4. The third-order valence-corrected chi connectivity index (χ3v) is 7.77. The number of allylic oxidation sites excluding steroid dienone is 3. The number of esters is 1. The summed E-state index contributed by atoms with van der Waals surface area (Å²) >= 11 is 3.65. The molecule has 2 N–H and O–H groups in total. The summed E-state index contributed by atoms with van der Waals surface area (Å²) < 4.78 is 6.21. The van der Waals surface area contributed by atoms with Gasteiger partial charge in [0.15, 0.2) is 5.78 Å². The highest BCUT2D eigenvalue weighted by molar-refractivity contribution is 9.10. The van der Waals surface area contributed by atoms with Crippen LogP contribution >= 0.6 is 15.9 Å². The minimum absolute atomic E-state index is 0.0495. The van der Waals surface area contributed by atoms with E-state index in [0.717, 1.165) is 37.9 Å². The number of Topliss-reactive ketones (excluding diaryl/α,β-unsaturated/α-hetero) is 1. The van der Waals surface area contributed by atoms with Gasteiger partial charge in [-0.1, -0.05) is 46.3 Å². The Labute approximate surface area is 201 Å². The van der Waals surface area contributed by atoms with Gasteiger partial charge in [0.2, 0.25) is 0 Å². The Morgan fingerprint density at radius 1 is 1.12 bits per heavy atom. The van der Waals surface area contributed by atoms with Crippen LogP contribution in [0.25, 0.3) is 10.9 Å². The number of aromatic amines is 1. The molecule has 0 amide bonds. The number of carbonyl (C=O) groups excluding carboxylic acids is 2. The number of fused-ring (bicyclic) bond motifs is 1. The van der Waals surface area contributed by atoms with Crippen LogP contribution in [0.15, 0.2) is 81.7 Å². The summed E-state index contributed by atoms with van der Waals surface area (Å²) in [5, 5.41) is 4.40. The van der Waals surface area contributed by atoms with Crippen LogP contribution in [0.2, 0.25) is 0 Å². The van der Waals surface area contributed by atoms with Crippen LogP contribution in [0.1, 0.15) is 43.7 Å². The summed E-state index contributed by atoms with van der Waals surface area (Å²) in [7, 11) is 1.38. The number of dihydropyridines is 1. The van der Waals surface area contributed by atoms with Crippen LogP contribution in [0, 0.1) is 0 Å². The Morgan fingerprint density at radius 2 is 1.91 bits per heavy atom. The topological polar surface area (TPSA) is 71.2 Å². The number of rotatable bonds is 3. The lowest BCUT2D eigenvalue weighted by Gasteiger charge is -2.43. The number of carbonyl (C=O) groups is 2. The minimum atomic E-state index is -0.935. The number of aromatic nitrogens is 1. The van der Waals surface area contributed by atoms with E-state index in [1.54, 1.807) is 0 Å². The van der Waals surface area contributed by atoms with Crippen LogP contribution in [-0.2, 0) is 19.7 Å². The van der Waals surface area contributed by atoms with E-state index in [1.165, 1.54) is 7.11 Å². The number of hydrogen-bond donors (Lipinski definition) is 2. The zero-order chi connectivity index (χ0) is 23.3. The monoisotopic (exact) mass is 504 g/mol. The fourth-order valence-electron chi connectivity index (χ4n) is 5.67. The van der Waals surface area contributed by atoms with E-state index in [0.29, 0.717) is 24.0 Å². The number of nitrogens with one attached hydrogen (secondary N) is 2. The maximum Gasteiger partial charge on any atom is 0.336 e. The highest BCUT2D eigenvalue weighted by atomic mass is 79.9. The number of benzene rings is 2. The number of H-pyrrole nitrogens is 1. The number of halogens is 1. The summed E-state index contributed by atoms with van der Waals surface area (Å²) in [6, 6.07) is 16.0. The van der Waals surface area contributed by atoms with Gasteiger partial charge in [-0.3, -0.25) is 4.79 Å². The van der Waals surface area contributed by atoms with E-state index in [1.807, 2.05) is 62.5 Å². The Balaban J connectivity index is 1.73. The molecule has 2 heterocycles. The van der Waals surface area contributed by atoms with Crippen molar-refractivity contribution < 1.29 is 14.3 Å². The highest BCUT2D eigenvalue weighted by Gasteiger charge is 2.50. The fraction of sp³-hybridized carbons (Fsp3) is 0.259. The summed E-state index contributed by atoms with van der Waals surface area (Å²) in [4.78, 5) is 30.2. The molecule has 2 atom stereocenters. The third kappa shape index (κ3) is 3.27. The van der Waals surface area contributed by atoms with Crippen LogP contribution in [0.4, 0.5) is 0 Å². The first-order valence-corrected chi connectivity index (χ1v) is 11.8. The Hall–Kier alpha value is -3.12. The lowest BCUT2D eigenvalue weighted by molar-refractivity contribution is -0.136. The van der Waals surface area contributed by atoms with Gasteiger partial charge in [-0.15, -0.1) is 0 Å². The Kier molecular flexibility index (Phi) is 5.28. The van der Waals surface area contributed by atoms with Crippen molar-refractivity contribution in [2.75, 3.05) is 7.11 Å². The maximum absolute atomic E-state index is 13.9. The van der Waals surface area contributed by atoms with Gasteiger partial charge in [-0.05, 0) is 55.5 Å². The lowest BCUT2D eigenvalue weighted by atomic mass is 9.62. The van der Waals surface area contributed by atoms with Crippen molar-refractivity contribution in [2.45, 2.75) is 38.0 Å². The van der Waals surface area contributed by atoms with Crippen LogP contribution in [0.3, 0.4) is 0 Å². The van der Waals surface area contributed by atoms with Crippen molar-refractivity contribution in [1.29, 1.82) is 0 Å². The maximum atomic E-state index is 13.9. The standard InChI is InChI=1S/C27H25BrN2O3/c1-15-24(26(32)33-3)27(2,19-8-6-10-21-18(19)11-12-29-21)25-22(30-15)13-16(14-23(25)31)17-7-4-5-9-20(17)28/h4-12,16,29-30H,13-14H2,1-3H3/t16?,27-/m0/s1. The summed E-state index contributed by atoms with van der Waals surface area (Å²) in [6.45, 7) is 3.87. The summed E-state index contributed by atoms with van der Waals surface area (Å²) in [5.74, 6) is -0.324. The van der Waals surface area contributed by atoms with Crippen LogP contribution < -0.4 is 5.32 Å². The van der Waals surface area contributed by atoms with Gasteiger partial charge in [0.1, 0.15) is 0 Å². The molecule has 0 radical (unpaired) electrons. The predicted octanol–water partition coefficient (Wildman–Crippen LogP) is 5.64. The summed E-state index contributed by atoms with van der Waals surface area (Å²) in [5.41, 5.74) is 4.80. The molecule has 1 aliphatic heterocycles. The van der Waals surface area contributed by atoms with E-state index < -0.39 is 11.4 Å². The van der Waals surface area contributed by atoms with Crippen molar-refractivity contribution in [3.05, 3.63) is 92.9 Å². The molecule has 3 aromatic rings. The van der Waals surface area contributed by atoms with Crippen molar-refractivity contribution in [3.8, 4) is 0 Å². The summed E-state index contributed by atoms with van der Waals surface area (Å²) in [6.07, 6.45) is 2.96. The molecular formula is C27H25BrN2O3. The van der Waals surface area contributed by atoms with Gasteiger partial charge in [-0.2, -0.15) is 0 Å². The van der Waals surface area contributed by atoms with E-state index in [9.17, 15) is 9.59 Å². The first-order chi connectivity index (χ1) is 15.9. The lowest BCUT2D eigenvalue weighted by Crippen LogP contribution is -2.45. The van der Waals surface area contributed by atoms with Gasteiger partial charge < -0.3 is 15.0 Å². The normalized spacial score (nSPS) is 22.9. The second-order valence-electron chi connectivity index (χ2n) is 8.89. The molecule has 33 heavy (non-hydrogen) atoms. The van der Waals surface area contributed by atoms with Gasteiger partial charge in [-0.25, -0.2) is 4.79 Å². The molecule has 5 nitrogen and oxygen atoms in total. The molecule has 0 spiro atoms. The molecule has 6 heteroatoms. The molecule has 168 valence electrons. The average Bonchev–Trinajstić information content (AvgIpc) is 3.27. The van der Waals surface area contributed by atoms with Crippen molar-refractivity contribution in [3.63, 3.8) is 0 Å². The van der Waals surface area contributed by atoms with Crippen LogP contribution in [-0.4, -0.2) is 23.8 Å². The Morgan fingerprint density at radius 3 is 2.67 bits per heavy atom. The molecule has 0 fully saturated rings. The number of ether oxygens (including phenoxy) is 1. The minimum Gasteiger partial charge on any atom is -0.466 e. The molecule has 5 rings (SSSR count). The molecule has 2 aromatic carbocycles. The van der Waals surface area contributed by atoms with E-state index in [-0.39, 0.29) is 11.7 Å². The van der Waals surface area contributed by atoms with E-state index in [4.69, 9.17) is 4.74 Å². The number of ketones is 1. The molecular weight excluding hydrogens is 480 g/mol. The largest absolute Gasteiger partial charge is 0.466 e. The second-order valence-corrected chi connectivity index (χ2v) is 9.74. The Bertz CT molecular complexity index is 1370. The molecule has 1 aromatic heterocycles. The van der Waals surface area contributed by atoms with E-state index >= 15 is 0 Å². The zero-order valence-electron chi connectivity index (χ0n) is 18.8. The highest BCUT2D eigenvalue weighted by Crippen LogP contribution is 2.51. The van der Waals surface area contributed by atoms with Gasteiger partial charge >= 0.3 is 5.97 Å². The van der Waals surface area contributed by atoms with Gasteiger partial charge in [0.25, 0.3) is 0 Å². The first kappa shape index (κ1) is 21.7. The molecule has 0 saturated carbocycles. The molecule has 0 saturated heterocycles. The van der Waals surface area contributed by atoms with Crippen molar-refractivity contribution in [2.24, 2.45) is 0 Å². The van der Waals surface area contributed by atoms with Crippen LogP contribution in [0.5, 0.6) is 0 Å². The molecule has 2 aliphatic rings. The van der Waals surface area contributed by atoms with Crippen molar-refractivity contribution >= 4 is 38.6 Å². The SMILES string of the molecule is COC(=O)C1=C(C)NC2=C(C(=O)CC(c3ccccc3Br)C2)[C@@]1(C)c1cccc2[nH]ccc12. The average molecular weight is 505 g/mol. The van der Waals surface area contributed by atoms with E-state index in [2.05, 4.69) is 32.3 Å². The molecule has 0 bridgehead atoms. The second kappa shape index (κ2) is 8.03. The third-order valence-electron chi connectivity index (χ3n) is 7.04. The number of methoxy groups -OCH3 is 1. The van der Waals surface area contributed by atoms with Gasteiger partial charge in [0, 0.05) is 45.0 Å². The quantitative estimate of drug-likeness (QED) is 0.452. The molecule has 1 unspecified atom stereocenters. The van der Waals surface area contributed by atoms with Crippen molar-refractivity contribution in [1.82, 2.24) is 10.3 Å². The fourth-order valence-corrected chi connectivity index (χ4v) is 6.28.